The number of amides is 1. The molecule has 0 unspecified atom stereocenters. The summed E-state index contributed by atoms with van der Waals surface area (Å²) < 4.78 is 0.975. The van der Waals surface area contributed by atoms with Crippen molar-refractivity contribution in [2.45, 2.75) is 37.8 Å². The highest BCUT2D eigenvalue weighted by Crippen LogP contribution is 2.17. The quantitative estimate of drug-likeness (QED) is 0.560. The molecular weight excluding hydrogens is 392 g/mol. The normalized spacial score (nSPS) is 19.6. The molecule has 1 saturated carbocycles. The van der Waals surface area contributed by atoms with Crippen molar-refractivity contribution in [2.24, 2.45) is 5.73 Å². The maximum atomic E-state index is 12.0. The van der Waals surface area contributed by atoms with Gasteiger partial charge < -0.3 is 21.3 Å². The van der Waals surface area contributed by atoms with Gasteiger partial charge in [-0.1, -0.05) is 28.8 Å². The highest BCUT2D eigenvalue weighted by Gasteiger charge is 2.23. The van der Waals surface area contributed by atoms with Crippen molar-refractivity contribution in [1.29, 1.82) is 0 Å². The van der Waals surface area contributed by atoms with E-state index in [9.17, 15) is 14.4 Å². The Morgan fingerprint density at radius 3 is 2.04 bits per heavy atom. The van der Waals surface area contributed by atoms with Gasteiger partial charge in [0.15, 0.2) is 0 Å². The van der Waals surface area contributed by atoms with Crippen LogP contribution in [-0.2, 0) is 9.59 Å². The molecule has 0 spiro atoms. The molecule has 1 fully saturated rings. The van der Waals surface area contributed by atoms with Crippen LogP contribution in [0.3, 0.4) is 0 Å². The highest BCUT2D eigenvalue weighted by atomic mass is 79.9. The van der Waals surface area contributed by atoms with Crippen LogP contribution in [0.5, 0.6) is 0 Å². The van der Waals surface area contributed by atoms with Gasteiger partial charge in [-0.2, -0.15) is 0 Å². The lowest BCUT2D eigenvalue weighted by atomic mass is 9.91. The lowest BCUT2D eigenvalue weighted by Gasteiger charge is -2.29. The zero-order valence-electron chi connectivity index (χ0n) is 13.5. The first-order valence-corrected chi connectivity index (χ1v) is 8.55. The molecule has 1 aliphatic rings. The molecule has 2 rings (SSSR count). The van der Waals surface area contributed by atoms with Gasteiger partial charge >= 0.3 is 11.9 Å². The minimum atomic E-state index is -1.26. The highest BCUT2D eigenvalue weighted by molar-refractivity contribution is 9.10. The molecule has 0 radical (unpaired) electrons. The van der Waals surface area contributed by atoms with E-state index < -0.39 is 11.9 Å². The van der Waals surface area contributed by atoms with E-state index in [0.29, 0.717) is 17.7 Å². The Morgan fingerprint density at radius 1 is 1.04 bits per heavy atom. The second-order valence-electron chi connectivity index (χ2n) is 5.54. The van der Waals surface area contributed by atoms with E-state index >= 15 is 0 Å². The number of carbonyl (C=O) groups is 3. The fraction of sp³-hybridized carbons (Fsp3) is 0.353. The average Bonchev–Trinajstić information content (AvgIpc) is 2.56. The number of rotatable bonds is 4. The minimum absolute atomic E-state index is 0.0279. The summed E-state index contributed by atoms with van der Waals surface area (Å²) in [6, 6.07) is 7.59. The van der Waals surface area contributed by atoms with Crippen LogP contribution in [0.4, 0.5) is 0 Å². The van der Waals surface area contributed by atoms with Crippen molar-refractivity contribution in [3.63, 3.8) is 0 Å². The number of halogens is 1. The summed E-state index contributed by atoms with van der Waals surface area (Å²) in [5.74, 6) is -2.54. The van der Waals surface area contributed by atoms with E-state index in [1.54, 1.807) is 0 Å². The van der Waals surface area contributed by atoms with Crippen LogP contribution >= 0.6 is 15.9 Å². The van der Waals surface area contributed by atoms with Gasteiger partial charge in [-0.15, -0.1) is 0 Å². The van der Waals surface area contributed by atoms with Gasteiger partial charge in [-0.05, 0) is 37.1 Å². The molecule has 1 aliphatic carbocycles. The third-order valence-corrected chi connectivity index (χ3v) is 4.14. The largest absolute Gasteiger partial charge is 0.478 e. The third-order valence-electron chi connectivity index (χ3n) is 3.61. The van der Waals surface area contributed by atoms with Gasteiger partial charge in [0.2, 0.25) is 0 Å². The molecule has 1 amide bonds. The lowest BCUT2D eigenvalue weighted by Crippen LogP contribution is -2.49. The van der Waals surface area contributed by atoms with Gasteiger partial charge in [0.1, 0.15) is 0 Å². The molecular formula is C17H21BrN2O5. The summed E-state index contributed by atoms with van der Waals surface area (Å²) in [6.45, 7) is 0. The van der Waals surface area contributed by atoms with E-state index in [4.69, 9.17) is 15.9 Å². The predicted molar refractivity (Wildman–Crippen MR) is 96.3 cm³/mol. The number of hydrogen-bond donors (Lipinski definition) is 4. The Morgan fingerprint density at radius 2 is 1.56 bits per heavy atom. The smallest absolute Gasteiger partial charge is 0.328 e. The van der Waals surface area contributed by atoms with Crippen molar-refractivity contribution < 1.29 is 24.6 Å². The number of carboxylic acids is 2. The molecule has 8 heteroatoms. The molecule has 7 nitrogen and oxygen atoms in total. The summed E-state index contributed by atoms with van der Waals surface area (Å²) in [7, 11) is 0. The minimum Gasteiger partial charge on any atom is -0.478 e. The summed E-state index contributed by atoms with van der Waals surface area (Å²) in [6.07, 6.45) is 5.43. The Labute approximate surface area is 154 Å². The first-order chi connectivity index (χ1) is 11.8. The average molecular weight is 413 g/mol. The van der Waals surface area contributed by atoms with E-state index in [1.165, 1.54) is 6.42 Å². The summed E-state index contributed by atoms with van der Waals surface area (Å²) in [5, 5.41) is 18.6. The molecule has 136 valence electrons. The number of carboxylic acid groups (broad SMARTS) is 2. The molecule has 25 heavy (non-hydrogen) atoms. The maximum Gasteiger partial charge on any atom is 0.328 e. The summed E-state index contributed by atoms with van der Waals surface area (Å²) >= 11 is 3.35. The summed E-state index contributed by atoms with van der Waals surface area (Å²) in [5.41, 5.74) is 6.69. The van der Waals surface area contributed by atoms with Gasteiger partial charge in [0, 0.05) is 34.3 Å². The molecule has 0 saturated heterocycles. The van der Waals surface area contributed by atoms with E-state index in [2.05, 4.69) is 21.2 Å². The first-order valence-electron chi connectivity index (χ1n) is 7.75. The van der Waals surface area contributed by atoms with E-state index in [-0.39, 0.29) is 18.0 Å². The first kappa shape index (κ1) is 20.9. The molecule has 0 aliphatic heterocycles. The molecule has 1 aromatic carbocycles. The van der Waals surface area contributed by atoms with Crippen LogP contribution in [-0.4, -0.2) is 40.1 Å². The van der Waals surface area contributed by atoms with E-state index in [1.807, 2.05) is 24.3 Å². The zero-order chi connectivity index (χ0) is 18.8. The number of benzene rings is 1. The Hall–Kier alpha value is -2.19. The Kier molecular flexibility index (Phi) is 8.87. The maximum absolute atomic E-state index is 12.0. The van der Waals surface area contributed by atoms with Crippen LogP contribution in [0.1, 0.15) is 36.0 Å². The van der Waals surface area contributed by atoms with E-state index in [0.717, 1.165) is 23.7 Å². The number of carbonyl (C=O) groups excluding carboxylic acids is 1. The Balaban J connectivity index is 0.000000333. The fourth-order valence-corrected chi connectivity index (χ4v) is 2.60. The molecule has 5 N–H and O–H groups in total. The number of aliphatic carboxylic acids is 2. The molecule has 0 heterocycles. The van der Waals surface area contributed by atoms with Crippen LogP contribution in [0.15, 0.2) is 40.9 Å². The Bertz CT molecular complexity index is 614. The second kappa shape index (κ2) is 10.6. The van der Waals surface area contributed by atoms with Crippen LogP contribution in [0.2, 0.25) is 0 Å². The SMILES string of the molecule is N[C@@H]1CCCC[C@H]1NC(=O)c1ccc(Br)cc1.O=C(O)/C=C\C(=O)O. The van der Waals surface area contributed by atoms with Gasteiger partial charge in [-0.25, -0.2) is 9.59 Å². The summed E-state index contributed by atoms with van der Waals surface area (Å²) in [4.78, 5) is 31.1. The van der Waals surface area contributed by atoms with Crippen LogP contribution < -0.4 is 11.1 Å². The van der Waals surface area contributed by atoms with Gasteiger partial charge in [0.05, 0.1) is 0 Å². The molecule has 2 atom stereocenters. The number of nitrogens with two attached hydrogens (primary N) is 1. The predicted octanol–water partition coefficient (Wildman–Crippen LogP) is 2.16. The van der Waals surface area contributed by atoms with Crippen molar-refractivity contribution in [2.75, 3.05) is 0 Å². The van der Waals surface area contributed by atoms with Crippen LogP contribution in [0.25, 0.3) is 0 Å². The third kappa shape index (κ3) is 8.46. The van der Waals surface area contributed by atoms with Gasteiger partial charge in [0.25, 0.3) is 5.91 Å². The molecule has 0 bridgehead atoms. The number of hydrogen-bond acceptors (Lipinski definition) is 4. The van der Waals surface area contributed by atoms with Crippen molar-refractivity contribution in [3.8, 4) is 0 Å². The van der Waals surface area contributed by atoms with Crippen LogP contribution in [0, 0.1) is 0 Å². The standard InChI is InChI=1S/C13H17BrN2O.C4H4O4/c14-10-7-5-9(6-8-10)13(17)16-12-4-2-1-3-11(12)15;5-3(6)1-2-4(7)8/h5-8,11-12H,1-4,15H2,(H,16,17);1-2H,(H,5,6)(H,7,8)/b;2-1-/t11-,12-;/m1./s1. The monoisotopic (exact) mass is 412 g/mol. The fourth-order valence-electron chi connectivity index (χ4n) is 2.33. The topological polar surface area (TPSA) is 130 Å². The van der Waals surface area contributed by atoms with Gasteiger partial charge in [-0.3, -0.25) is 4.79 Å². The van der Waals surface area contributed by atoms with Crippen molar-refractivity contribution in [1.82, 2.24) is 5.32 Å². The zero-order valence-corrected chi connectivity index (χ0v) is 15.1. The lowest BCUT2D eigenvalue weighted by molar-refractivity contribution is -0.134. The van der Waals surface area contributed by atoms with Crippen molar-refractivity contribution >= 4 is 33.8 Å². The molecule has 1 aromatic rings. The molecule has 0 aromatic heterocycles. The second-order valence-corrected chi connectivity index (χ2v) is 6.46. The number of nitrogens with one attached hydrogen (secondary N) is 1. The van der Waals surface area contributed by atoms with Crippen molar-refractivity contribution in [3.05, 3.63) is 46.5 Å².